The van der Waals surface area contributed by atoms with Crippen LogP contribution < -0.4 is 0 Å². The van der Waals surface area contributed by atoms with E-state index in [0.717, 1.165) is 0 Å². The van der Waals surface area contributed by atoms with Gasteiger partial charge in [-0.15, -0.1) is 11.6 Å². The molecule has 0 aliphatic heterocycles. The summed E-state index contributed by atoms with van der Waals surface area (Å²) < 4.78 is 0. The van der Waals surface area contributed by atoms with Crippen molar-refractivity contribution in [2.24, 2.45) is 0 Å². The zero-order valence-electron chi connectivity index (χ0n) is 7.32. The number of rotatable bonds is 0. The van der Waals surface area contributed by atoms with Crippen LogP contribution in [0.5, 0.6) is 0 Å². The topological polar surface area (TPSA) is 0 Å². The number of hydrogen-bond acceptors (Lipinski definition) is 0. The molecule has 12 heavy (non-hydrogen) atoms. The minimum Gasteiger partial charge on any atom is -0.113 e. The van der Waals surface area contributed by atoms with Crippen LogP contribution in [-0.2, 0) is 0 Å². The molecule has 0 fully saturated rings. The fourth-order valence-electron chi connectivity index (χ4n) is 1.90. The molecule has 1 unspecified atom stereocenters. The zero-order valence-corrected chi connectivity index (χ0v) is 9.49. The number of fused-ring (bicyclic) bond motifs is 1. The summed E-state index contributed by atoms with van der Waals surface area (Å²) in [7, 11) is 1.91. The summed E-state index contributed by atoms with van der Waals surface area (Å²) in [6.45, 7) is 4.28. The molecule has 0 heterocycles. The van der Waals surface area contributed by atoms with E-state index in [-0.39, 0.29) is 5.38 Å². The van der Waals surface area contributed by atoms with Gasteiger partial charge in [0, 0.05) is 0 Å². The van der Waals surface area contributed by atoms with Gasteiger partial charge in [0.1, 0.15) is 0 Å². The maximum Gasteiger partial charge on any atom is 0.0759 e. The summed E-state index contributed by atoms with van der Waals surface area (Å²) in [6, 6.07) is 0. The molecule has 0 N–H and O–H groups in total. The Morgan fingerprint density at radius 2 is 2.00 bits per heavy atom. The molecule has 2 rings (SSSR count). The van der Waals surface area contributed by atoms with Crippen molar-refractivity contribution in [3.8, 4) is 0 Å². The number of halogens is 1. The van der Waals surface area contributed by atoms with Crippen molar-refractivity contribution < 1.29 is 0 Å². The molecule has 0 aromatic heterocycles. The third-order valence-corrected chi connectivity index (χ3v) is 4.23. The normalized spacial score (nSPS) is 27.6. The second kappa shape index (κ2) is 2.54. The van der Waals surface area contributed by atoms with Crippen LogP contribution in [0.3, 0.4) is 0 Å². The zero-order chi connectivity index (χ0) is 8.88. The number of allylic oxidation sites excluding steroid dienone is 6. The summed E-state index contributed by atoms with van der Waals surface area (Å²) in [5.74, 6) is 0. The molecule has 2 aliphatic carbocycles. The fourth-order valence-corrected chi connectivity index (χ4v) is 2.73. The van der Waals surface area contributed by atoms with Crippen LogP contribution in [0.15, 0.2) is 34.4 Å². The predicted molar refractivity (Wildman–Crippen MR) is 57.7 cm³/mol. The average Bonchev–Trinajstić information content (AvgIpc) is 2.51. The Hall–Kier alpha value is -0.403. The van der Waals surface area contributed by atoms with Gasteiger partial charge in [-0.05, 0) is 51.2 Å². The molecule has 0 nitrogen and oxygen atoms in total. The van der Waals surface area contributed by atoms with Gasteiger partial charge in [-0.3, -0.25) is 0 Å². The van der Waals surface area contributed by atoms with E-state index < -0.39 is 0 Å². The quantitative estimate of drug-likeness (QED) is 0.406. The molecule has 0 radical (unpaired) electrons. The van der Waals surface area contributed by atoms with Crippen molar-refractivity contribution in [1.29, 1.82) is 0 Å². The summed E-state index contributed by atoms with van der Waals surface area (Å²) in [6.07, 6.45) is 4.35. The molecule has 1 atom stereocenters. The van der Waals surface area contributed by atoms with Gasteiger partial charge in [-0.2, -0.15) is 0 Å². The Labute approximate surface area is 80.7 Å². The van der Waals surface area contributed by atoms with Crippen LogP contribution in [0.2, 0.25) is 0 Å². The van der Waals surface area contributed by atoms with E-state index in [2.05, 4.69) is 26.0 Å². The van der Waals surface area contributed by atoms with Crippen molar-refractivity contribution in [3.63, 3.8) is 0 Å². The first-order valence-corrected chi connectivity index (χ1v) is 5.20. The van der Waals surface area contributed by atoms with Crippen LogP contribution >= 0.6 is 11.6 Å². The highest BCUT2D eigenvalue weighted by atomic mass is 35.5. The Balaban J connectivity index is 2.60. The van der Waals surface area contributed by atoms with E-state index in [0.29, 0.717) is 0 Å². The van der Waals surface area contributed by atoms with Gasteiger partial charge in [0.25, 0.3) is 0 Å². The van der Waals surface area contributed by atoms with Crippen molar-refractivity contribution in [1.82, 2.24) is 0 Å². The first-order valence-electron chi connectivity index (χ1n) is 4.06. The van der Waals surface area contributed by atoms with Gasteiger partial charge in [-0.25, -0.2) is 0 Å². The lowest BCUT2D eigenvalue weighted by Crippen LogP contribution is -2.10. The molecule has 0 amide bonds. The Kier molecular flexibility index (Phi) is 1.74. The maximum absolute atomic E-state index is 6.22. The second-order valence-corrected chi connectivity index (χ2v) is 4.57. The van der Waals surface area contributed by atoms with E-state index in [4.69, 9.17) is 11.6 Å². The average molecular weight is 195 g/mol. The fraction of sp³-hybridized carbons (Fsp3) is 0.300. The van der Waals surface area contributed by atoms with Gasteiger partial charge in [0.2, 0.25) is 0 Å². The summed E-state index contributed by atoms with van der Waals surface area (Å²) in [4.78, 5) is 0. The van der Waals surface area contributed by atoms with E-state index in [9.17, 15) is 0 Å². The second-order valence-electron chi connectivity index (χ2n) is 3.38. The Morgan fingerprint density at radius 1 is 1.33 bits per heavy atom. The van der Waals surface area contributed by atoms with Crippen molar-refractivity contribution >= 4 is 26.6 Å². The Bertz CT molecular complexity index is 358. The highest BCUT2D eigenvalue weighted by Crippen LogP contribution is 2.39. The minimum atomic E-state index is 0.147. The van der Waals surface area contributed by atoms with E-state index >= 15 is 0 Å². The van der Waals surface area contributed by atoms with Gasteiger partial charge >= 0.3 is 0 Å². The molecule has 0 saturated carbocycles. The third-order valence-electron chi connectivity index (χ3n) is 2.59. The van der Waals surface area contributed by atoms with Crippen LogP contribution in [0.1, 0.15) is 13.8 Å². The number of hydrogen-bond donors (Lipinski definition) is 0. The first kappa shape index (κ1) is 8.21. The van der Waals surface area contributed by atoms with E-state index in [1.165, 1.54) is 27.5 Å². The largest absolute Gasteiger partial charge is 0.113 e. The van der Waals surface area contributed by atoms with Gasteiger partial charge < -0.3 is 0 Å². The van der Waals surface area contributed by atoms with E-state index in [1.807, 2.05) is 9.85 Å². The monoisotopic (exact) mass is 194 g/mol. The molecule has 0 aromatic carbocycles. The smallest absolute Gasteiger partial charge is 0.0759 e. The summed E-state index contributed by atoms with van der Waals surface area (Å²) >= 11 is 6.22. The molecular formula is C10H11ClSi. The molecular weight excluding hydrogens is 184 g/mol. The molecule has 2 aliphatic rings. The van der Waals surface area contributed by atoms with Crippen LogP contribution in [-0.4, -0.2) is 20.4 Å². The van der Waals surface area contributed by atoms with Crippen LogP contribution in [0, 0.1) is 0 Å². The Morgan fingerprint density at radius 3 is 2.58 bits per heavy atom. The minimum absolute atomic E-state index is 0.147. The predicted octanol–water partition coefficient (Wildman–Crippen LogP) is 1.62. The molecule has 2 heteroatoms. The highest BCUT2D eigenvalue weighted by molar-refractivity contribution is 6.57. The first-order chi connectivity index (χ1) is 5.63. The lowest BCUT2D eigenvalue weighted by atomic mass is 10.1. The molecule has 0 spiro atoms. The van der Waals surface area contributed by atoms with E-state index in [1.54, 1.807) is 0 Å². The summed E-state index contributed by atoms with van der Waals surface area (Å²) in [5.41, 5.74) is 5.43. The lowest BCUT2D eigenvalue weighted by molar-refractivity contribution is 1.27. The highest BCUT2D eigenvalue weighted by Gasteiger charge is 2.30. The maximum atomic E-state index is 6.22. The third kappa shape index (κ3) is 0.867. The van der Waals surface area contributed by atoms with Crippen molar-refractivity contribution in [2.45, 2.75) is 19.2 Å². The molecule has 62 valence electrons. The lowest BCUT2D eigenvalue weighted by Gasteiger charge is -2.02. The molecule has 0 bridgehead atoms. The number of alkyl halides is 1. The molecule has 0 saturated heterocycles. The van der Waals surface area contributed by atoms with Crippen molar-refractivity contribution in [3.05, 3.63) is 34.4 Å². The van der Waals surface area contributed by atoms with Gasteiger partial charge in [0.15, 0.2) is 0 Å². The van der Waals surface area contributed by atoms with Gasteiger partial charge in [-0.1, -0.05) is 12.2 Å². The standard InChI is InChI=1S/C10H11ClSi/c1-5-3-4-7-8(5)6(2)9(11)10(7)12/h3-4,9H,12H2,1-2H3. The van der Waals surface area contributed by atoms with Crippen LogP contribution in [0.25, 0.3) is 0 Å². The van der Waals surface area contributed by atoms with Crippen molar-refractivity contribution in [2.75, 3.05) is 0 Å². The SMILES string of the molecule is CC1=CC=C2C(=[SiH2])C(Cl)C(C)=C12. The van der Waals surface area contributed by atoms with Gasteiger partial charge in [0.05, 0.1) is 5.38 Å². The molecule has 0 aromatic rings. The summed E-state index contributed by atoms with van der Waals surface area (Å²) in [5, 5.41) is 1.48. The van der Waals surface area contributed by atoms with Crippen LogP contribution in [0.4, 0.5) is 0 Å².